The lowest BCUT2D eigenvalue weighted by molar-refractivity contribution is 0.726. The van der Waals surface area contributed by atoms with Crippen LogP contribution in [0, 0.1) is 11.3 Å². The minimum Gasteiger partial charge on any atom is -0.336 e. The molecule has 0 N–H and O–H groups in total. The van der Waals surface area contributed by atoms with E-state index >= 15 is 0 Å². The minimum absolute atomic E-state index is 0.198. The summed E-state index contributed by atoms with van der Waals surface area (Å²) in [6.07, 6.45) is 1.61. The van der Waals surface area contributed by atoms with Crippen LogP contribution in [0.15, 0.2) is 29.8 Å². The molecule has 0 aliphatic heterocycles. The monoisotopic (exact) mass is 244 g/mol. The highest BCUT2D eigenvalue weighted by Gasteiger charge is 2.15. The molecule has 1 unspecified atom stereocenters. The third kappa shape index (κ3) is 2.43. The van der Waals surface area contributed by atoms with Crippen LogP contribution in [0.25, 0.3) is 0 Å². The third-order valence-corrected chi connectivity index (χ3v) is 3.65. The second-order valence-electron chi connectivity index (χ2n) is 3.66. The number of hydrogen-bond donors (Lipinski definition) is 0. The average Bonchev–Trinajstić information content (AvgIpc) is 2.91. The summed E-state index contributed by atoms with van der Waals surface area (Å²) in [6, 6.07) is 7.93. The highest BCUT2D eigenvalue weighted by molar-refractivity contribution is 7.10. The van der Waals surface area contributed by atoms with Gasteiger partial charge in [0.1, 0.15) is 11.8 Å². The van der Waals surface area contributed by atoms with Crippen molar-refractivity contribution in [3.05, 3.63) is 40.3 Å². The fraction of sp³-hybridized carbons (Fsp3) is 0.250. The molecule has 2 heterocycles. The first-order chi connectivity index (χ1) is 8.22. The fourth-order valence-corrected chi connectivity index (χ4v) is 2.30. The van der Waals surface area contributed by atoms with Crippen LogP contribution < -0.4 is 4.90 Å². The van der Waals surface area contributed by atoms with Gasteiger partial charge in [0.15, 0.2) is 0 Å². The molecule has 0 spiro atoms. The van der Waals surface area contributed by atoms with E-state index in [1.165, 1.54) is 4.88 Å². The van der Waals surface area contributed by atoms with Crippen LogP contribution in [-0.2, 0) is 0 Å². The minimum atomic E-state index is 0.198. The molecule has 0 bridgehead atoms. The van der Waals surface area contributed by atoms with E-state index in [0.29, 0.717) is 11.6 Å². The second-order valence-corrected chi connectivity index (χ2v) is 4.64. The number of hydrogen-bond acceptors (Lipinski definition) is 5. The molecule has 1 atom stereocenters. The molecule has 17 heavy (non-hydrogen) atoms. The summed E-state index contributed by atoms with van der Waals surface area (Å²) in [5.74, 6) is 0.574. The molecule has 0 saturated heterocycles. The average molecular weight is 244 g/mol. The molecule has 4 nitrogen and oxygen atoms in total. The van der Waals surface area contributed by atoms with Crippen molar-refractivity contribution < 1.29 is 0 Å². The van der Waals surface area contributed by atoms with E-state index in [9.17, 15) is 0 Å². The van der Waals surface area contributed by atoms with E-state index < -0.39 is 0 Å². The number of anilines is 1. The zero-order valence-electron chi connectivity index (χ0n) is 9.66. The van der Waals surface area contributed by atoms with Gasteiger partial charge in [0.05, 0.1) is 6.04 Å². The van der Waals surface area contributed by atoms with E-state index in [-0.39, 0.29) is 6.04 Å². The number of thiophene rings is 1. The van der Waals surface area contributed by atoms with Gasteiger partial charge in [-0.25, -0.2) is 9.97 Å². The van der Waals surface area contributed by atoms with Gasteiger partial charge in [0.25, 0.3) is 0 Å². The van der Waals surface area contributed by atoms with Crippen LogP contribution in [0.2, 0.25) is 0 Å². The highest BCUT2D eigenvalue weighted by atomic mass is 32.1. The zero-order chi connectivity index (χ0) is 12.3. The molecule has 86 valence electrons. The molecule has 0 aromatic carbocycles. The Hall–Kier alpha value is -1.93. The number of rotatable bonds is 3. The lowest BCUT2D eigenvalue weighted by atomic mass is 10.2. The van der Waals surface area contributed by atoms with Gasteiger partial charge < -0.3 is 4.90 Å². The van der Waals surface area contributed by atoms with Crippen molar-refractivity contribution in [2.75, 3.05) is 11.9 Å². The molecular formula is C12H12N4S. The molecule has 0 amide bonds. The van der Waals surface area contributed by atoms with Crippen LogP contribution in [0.5, 0.6) is 0 Å². The lowest BCUT2D eigenvalue weighted by Gasteiger charge is -2.23. The molecule has 0 aliphatic carbocycles. The molecule has 0 fully saturated rings. The second kappa shape index (κ2) is 4.93. The van der Waals surface area contributed by atoms with Crippen LogP contribution in [0.3, 0.4) is 0 Å². The largest absolute Gasteiger partial charge is 0.336 e. The third-order valence-electron chi connectivity index (χ3n) is 2.61. The Morgan fingerprint density at radius 3 is 2.94 bits per heavy atom. The van der Waals surface area contributed by atoms with Crippen LogP contribution in [0.4, 0.5) is 5.95 Å². The number of nitrogens with zero attached hydrogens (tertiary/aromatic N) is 4. The van der Waals surface area contributed by atoms with E-state index in [0.717, 1.165) is 0 Å². The number of aromatic nitrogens is 2. The van der Waals surface area contributed by atoms with E-state index in [2.05, 4.69) is 23.0 Å². The normalized spacial score (nSPS) is 11.8. The molecule has 2 rings (SSSR count). The van der Waals surface area contributed by atoms with Crippen molar-refractivity contribution in [3.63, 3.8) is 0 Å². The van der Waals surface area contributed by atoms with E-state index in [1.54, 1.807) is 23.6 Å². The smallest absolute Gasteiger partial charge is 0.226 e. The van der Waals surface area contributed by atoms with Crippen molar-refractivity contribution in [3.8, 4) is 6.07 Å². The van der Waals surface area contributed by atoms with Gasteiger partial charge in [0, 0.05) is 18.1 Å². The summed E-state index contributed by atoms with van der Waals surface area (Å²) < 4.78 is 0. The molecule has 0 saturated carbocycles. The van der Waals surface area contributed by atoms with Crippen molar-refractivity contribution in [2.45, 2.75) is 13.0 Å². The SMILES string of the molecule is CC(c1cccs1)N(C)c1nccc(C#N)n1. The van der Waals surface area contributed by atoms with Gasteiger partial charge >= 0.3 is 0 Å². The maximum absolute atomic E-state index is 8.81. The Labute approximate surface area is 104 Å². The van der Waals surface area contributed by atoms with Gasteiger partial charge in [0.2, 0.25) is 5.95 Å². The number of nitriles is 1. The predicted molar refractivity (Wildman–Crippen MR) is 67.9 cm³/mol. The van der Waals surface area contributed by atoms with E-state index in [4.69, 9.17) is 5.26 Å². The Morgan fingerprint density at radius 1 is 1.47 bits per heavy atom. The Kier molecular flexibility index (Phi) is 3.35. The summed E-state index contributed by atoms with van der Waals surface area (Å²) in [6.45, 7) is 2.09. The molecule has 0 radical (unpaired) electrons. The fourth-order valence-electron chi connectivity index (χ4n) is 1.47. The van der Waals surface area contributed by atoms with Crippen molar-refractivity contribution in [2.24, 2.45) is 0 Å². The maximum Gasteiger partial charge on any atom is 0.226 e. The topological polar surface area (TPSA) is 52.8 Å². The van der Waals surface area contributed by atoms with E-state index in [1.807, 2.05) is 29.5 Å². The zero-order valence-corrected chi connectivity index (χ0v) is 10.5. The quantitative estimate of drug-likeness (QED) is 0.832. The van der Waals surface area contributed by atoms with Gasteiger partial charge in [-0.1, -0.05) is 6.07 Å². The predicted octanol–water partition coefficient (Wildman–Crippen LogP) is 2.61. The van der Waals surface area contributed by atoms with Crippen molar-refractivity contribution >= 4 is 17.3 Å². The Balaban J connectivity index is 2.25. The first-order valence-corrected chi connectivity index (χ1v) is 6.09. The molecule has 0 aliphatic rings. The molecule has 2 aromatic heterocycles. The summed E-state index contributed by atoms with van der Waals surface area (Å²) in [5.41, 5.74) is 0.389. The van der Waals surface area contributed by atoms with Gasteiger partial charge in [-0.3, -0.25) is 0 Å². The van der Waals surface area contributed by atoms with Crippen LogP contribution in [0.1, 0.15) is 23.5 Å². The Morgan fingerprint density at radius 2 is 2.29 bits per heavy atom. The van der Waals surface area contributed by atoms with Crippen molar-refractivity contribution in [1.82, 2.24) is 9.97 Å². The van der Waals surface area contributed by atoms with Gasteiger partial charge in [-0.2, -0.15) is 5.26 Å². The summed E-state index contributed by atoms with van der Waals surface area (Å²) in [5, 5.41) is 10.9. The van der Waals surface area contributed by atoms with Gasteiger partial charge in [-0.05, 0) is 24.4 Å². The molecule has 5 heteroatoms. The summed E-state index contributed by atoms with van der Waals surface area (Å²) in [7, 11) is 1.93. The maximum atomic E-state index is 8.81. The standard InChI is InChI=1S/C12H12N4S/c1-9(11-4-3-7-17-11)16(2)12-14-6-5-10(8-13)15-12/h3-7,9H,1-2H3. The molecule has 2 aromatic rings. The summed E-state index contributed by atoms with van der Waals surface area (Å²) in [4.78, 5) is 11.6. The first-order valence-electron chi connectivity index (χ1n) is 5.21. The van der Waals surface area contributed by atoms with Crippen molar-refractivity contribution in [1.29, 1.82) is 5.26 Å². The lowest BCUT2D eigenvalue weighted by Crippen LogP contribution is -2.23. The van der Waals surface area contributed by atoms with Crippen LogP contribution >= 0.6 is 11.3 Å². The first kappa shape index (κ1) is 11.6. The highest BCUT2D eigenvalue weighted by Crippen LogP contribution is 2.25. The van der Waals surface area contributed by atoms with Gasteiger partial charge in [-0.15, -0.1) is 11.3 Å². The van der Waals surface area contributed by atoms with Crippen LogP contribution in [-0.4, -0.2) is 17.0 Å². The molecular weight excluding hydrogens is 232 g/mol. The Bertz CT molecular complexity index is 530. The summed E-state index contributed by atoms with van der Waals surface area (Å²) >= 11 is 1.70.